The van der Waals surface area contributed by atoms with Crippen molar-refractivity contribution in [3.63, 3.8) is 0 Å². The molecular weight excluding hydrogens is 352 g/mol. The molecule has 2 amide bonds. The van der Waals surface area contributed by atoms with Gasteiger partial charge in [-0.2, -0.15) is 0 Å². The van der Waals surface area contributed by atoms with Gasteiger partial charge in [-0.05, 0) is 36.4 Å². The highest BCUT2D eigenvalue weighted by Crippen LogP contribution is 2.32. The van der Waals surface area contributed by atoms with E-state index in [-0.39, 0.29) is 29.7 Å². The van der Waals surface area contributed by atoms with E-state index in [2.05, 4.69) is 15.5 Å². The van der Waals surface area contributed by atoms with Gasteiger partial charge in [0, 0.05) is 30.0 Å². The van der Waals surface area contributed by atoms with Crippen LogP contribution in [-0.2, 0) is 9.59 Å². The van der Waals surface area contributed by atoms with Gasteiger partial charge in [0.15, 0.2) is 0 Å². The van der Waals surface area contributed by atoms with E-state index in [4.69, 9.17) is 4.42 Å². The zero-order valence-electron chi connectivity index (χ0n) is 15.1. The van der Waals surface area contributed by atoms with Gasteiger partial charge in [-0.1, -0.05) is 18.9 Å². The van der Waals surface area contributed by atoms with E-state index in [1.807, 2.05) is 44.4 Å². The minimum absolute atomic E-state index is 0.0236. The highest BCUT2D eigenvalue weighted by Gasteiger charge is 2.35. The third-order valence-electron chi connectivity index (χ3n) is 4.14. The van der Waals surface area contributed by atoms with E-state index in [1.165, 1.54) is 0 Å². The van der Waals surface area contributed by atoms with Crippen LogP contribution in [0.15, 0.2) is 33.6 Å². The molecule has 26 heavy (non-hydrogen) atoms. The highest BCUT2D eigenvalue weighted by atomic mass is 32.2. The summed E-state index contributed by atoms with van der Waals surface area (Å²) in [5.41, 5.74) is 0.861. The van der Waals surface area contributed by atoms with Crippen LogP contribution in [0.2, 0.25) is 0 Å². The fourth-order valence-electron chi connectivity index (χ4n) is 2.88. The van der Waals surface area contributed by atoms with E-state index in [9.17, 15) is 9.59 Å². The summed E-state index contributed by atoms with van der Waals surface area (Å²) in [6.45, 7) is 4.41. The van der Waals surface area contributed by atoms with Crippen molar-refractivity contribution >= 4 is 35.3 Å². The van der Waals surface area contributed by atoms with Crippen LogP contribution in [0.1, 0.15) is 38.5 Å². The van der Waals surface area contributed by atoms with Crippen LogP contribution >= 0.6 is 11.8 Å². The molecule has 1 N–H and O–H groups in total. The molecule has 0 aliphatic carbocycles. The summed E-state index contributed by atoms with van der Waals surface area (Å²) in [5, 5.41) is 10.5. The third-order valence-corrected chi connectivity index (χ3v) is 4.88. The summed E-state index contributed by atoms with van der Waals surface area (Å²) in [6.07, 6.45) is 2.71. The van der Waals surface area contributed by atoms with Gasteiger partial charge in [-0.15, -0.1) is 16.9 Å². The first-order valence-electron chi connectivity index (χ1n) is 8.54. The number of anilines is 2. The molecular formula is C18H22N4O3S. The Morgan fingerprint density at radius 2 is 2.08 bits per heavy atom. The average Bonchev–Trinajstić information content (AvgIpc) is 3.21. The maximum Gasteiger partial charge on any atom is 0.322 e. The van der Waals surface area contributed by atoms with Crippen molar-refractivity contribution in [1.29, 1.82) is 0 Å². The lowest BCUT2D eigenvalue weighted by Gasteiger charge is -2.16. The second kappa shape index (κ2) is 7.90. The quantitative estimate of drug-likeness (QED) is 0.781. The van der Waals surface area contributed by atoms with Crippen molar-refractivity contribution in [2.24, 2.45) is 5.92 Å². The average molecular weight is 374 g/mol. The third kappa shape index (κ3) is 4.24. The predicted molar refractivity (Wildman–Crippen MR) is 100 cm³/mol. The van der Waals surface area contributed by atoms with Crippen molar-refractivity contribution in [1.82, 2.24) is 10.2 Å². The Labute approximate surface area is 156 Å². The Kier molecular flexibility index (Phi) is 5.61. The summed E-state index contributed by atoms with van der Waals surface area (Å²) in [5.74, 6) is 0.312. The Morgan fingerprint density at radius 1 is 1.35 bits per heavy atom. The molecule has 0 spiro atoms. The van der Waals surface area contributed by atoms with Gasteiger partial charge in [0.1, 0.15) is 0 Å². The summed E-state index contributed by atoms with van der Waals surface area (Å²) in [4.78, 5) is 27.1. The van der Waals surface area contributed by atoms with E-state index < -0.39 is 0 Å². The monoisotopic (exact) mass is 374 g/mol. The van der Waals surface area contributed by atoms with Crippen LogP contribution in [0, 0.1) is 5.92 Å². The number of amides is 2. The predicted octanol–water partition coefficient (Wildman–Crippen LogP) is 3.30. The summed E-state index contributed by atoms with van der Waals surface area (Å²) in [7, 11) is 0. The zero-order chi connectivity index (χ0) is 18.7. The molecule has 1 aliphatic heterocycles. The topological polar surface area (TPSA) is 88.3 Å². The van der Waals surface area contributed by atoms with Crippen LogP contribution in [-0.4, -0.2) is 34.8 Å². The van der Waals surface area contributed by atoms with Gasteiger partial charge in [-0.3, -0.25) is 14.9 Å². The lowest BCUT2D eigenvalue weighted by molar-refractivity contribution is -0.118. The number of hydrogen-bond donors (Lipinski definition) is 1. The minimum Gasteiger partial charge on any atom is -0.407 e. The van der Waals surface area contributed by atoms with Crippen molar-refractivity contribution < 1.29 is 14.0 Å². The largest absolute Gasteiger partial charge is 0.407 e. The molecule has 1 aromatic carbocycles. The van der Waals surface area contributed by atoms with Gasteiger partial charge in [-0.25, -0.2) is 0 Å². The molecule has 1 saturated heterocycles. The molecule has 3 rings (SSSR count). The van der Waals surface area contributed by atoms with Crippen LogP contribution in [0.25, 0.3) is 0 Å². The molecule has 1 atom stereocenters. The lowest BCUT2D eigenvalue weighted by atomic mass is 10.1. The van der Waals surface area contributed by atoms with E-state index >= 15 is 0 Å². The smallest absolute Gasteiger partial charge is 0.322 e. The number of carbonyl (C=O) groups is 2. The number of benzene rings is 1. The molecule has 138 valence electrons. The molecule has 2 aromatic rings. The van der Waals surface area contributed by atoms with Crippen LogP contribution in [0.3, 0.4) is 0 Å². The molecule has 0 radical (unpaired) electrons. The highest BCUT2D eigenvalue weighted by molar-refractivity contribution is 7.98. The van der Waals surface area contributed by atoms with Crippen molar-refractivity contribution in [2.45, 2.75) is 37.5 Å². The SMILES string of the molecule is CSc1ccc(N2C[C@@H](c3nnc(NC(=O)CC(C)C)o3)CC2=O)cc1. The fourth-order valence-corrected chi connectivity index (χ4v) is 3.28. The summed E-state index contributed by atoms with van der Waals surface area (Å²) < 4.78 is 5.55. The van der Waals surface area contributed by atoms with Gasteiger partial charge < -0.3 is 9.32 Å². The number of rotatable bonds is 6. The van der Waals surface area contributed by atoms with Gasteiger partial charge >= 0.3 is 6.01 Å². The first-order chi connectivity index (χ1) is 12.5. The number of nitrogens with zero attached hydrogens (tertiary/aromatic N) is 3. The standard InChI is InChI=1S/C18H22N4O3S/c1-11(2)8-15(23)19-18-21-20-17(25-18)12-9-16(24)22(10-12)13-4-6-14(26-3)7-5-13/h4-7,11-12H,8-10H2,1-3H3,(H,19,21,23)/t12-/m0/s1. The maximum absolute atomic E-state index is 12.4. The molecule has 1 aromatic heterocycles. The molecule has 7 nitrogen and oxygen atoms in total. The van der Waals surface area contributed by atoms with E-state index in [0.29, 0.717) is 25.3 Å². The molecule has 2 heterocycles. The number of nitrogens with one attached hydrogen (secondary N) is 1. The van der Waals surface area contributed by atoms with Crippen molar-refractivity contribution in [3.8, 4) is 0 Å². The molecule has 0 bridgehead atoms. The maximum atomic E-state index is 12.4. The fraction of sp³-hybridized carbons (Fsp3) is 0.444. The lowest BCUT2D eigenvalue weighted by Crippen LogP contribution is -2.24. The molecule has 1 fully saturated rings. The minimum atomic E-state index is -0.175. The van der Waals surface area contributed by atoms with E-state index in [0.717, 1.165) is 10.6 Å². The van der Waals surface area contributed by atoms with E-state index in [1.54, 1.807) is 16.7 Å². The number of thioether (sulfide) groups is 1. The molecule has 0 unspecified atom stereocenters. The van der Waals surface area contributed by atoms with Gasteiger partial charge in [0.2, 0.25) is 17.7 Å². The normalized spacial score (nSPS) is 17.2. The zero-order valence-corrected chi connectivity index (χ0v) is 15.9. The second-order valence-electron chi connectivity index (χ2n) is 6.70. The Hall–Kier alpha value is -2.35. The number of hydrogen-bond acceptors (Lipinski definition) is 6. The van der Waals surface area contributed by atoms with Crippen LogP contribution in [0.4, 0.5) is 11.7 Å². The van der Waals surface area contributed by atoms with Gasteiger partial charge in [0.05, 0.1) is 5.92 Å². The number of carbonyl (C=O) groups excluding carboxylic acids is 2. The summed E-state index contributed by atoms with van der Waals surface area (Å²) >= 11 is 1.66. The van der Waals surface area contributed by atoms with Crippen LogP contribution in [0.5, 0.6) is 0 Å². The Morgan fingerprint density at radius 3 is 2.73 bits per heavy atom. The second-order valence-corrected chi connectivity index (χ2v) is 7.57. The first-order valence-corrected chi connectivity index (χ1v) is 9.76. The molecule has 0 saturated carbocycles. The van der Waals surface area contributed by atoms with Crippen LogP contribution < -0.4 is 10.2 Å². The van der Waals surface area contributed by atoms with Gasteiger partial charge in [0.25, 0.3) is 0 Å². The number of aromatic nitrogens is 2. The Bertz CT molecular complexity index is 788. The molecule has 1 aliphatic rings. The van der Waals surface area contributed by atoms with Crippen molar-refractivity contribution in [3.05, 3.63) is 30.2 Å². The Balaban J connectivity index is 1.66. The first kappa shape index (κ1) is 18.4. The molecule has 8 heteroatoms. The summed E-state index contributed by atoms with van der Waals surface area (Å²) in [6, 6.07) is 7.96. The van der Waals surface area contributed by atoms with Crippen molar-refractivity contribution in [2.75, 3.05) is 23.0 Å².